The van der Waals surface area contributed by atoms with Crippen LogP contribution in [-0.2, 0) is 10.0 Å². The Kier molecular flexibility index (Phi) is 5.19. The molecule has 0 unspecified atom stereocenters. The second-order valence-corrected chi connectivity index (χ2v) is 5.48. The molecule has 1 aromatic carbocycles. The van der Waals surface area contributed by atoms with Crippen molar-refractivity contribution < 1.29 is 27.1 Å². The molecular formula is C12H11F2NO4S. The molecule has 0 atom stereocenters. The average Bonchev–Trinajstić information content (AvgIpc) is 2.34. The summed E-state index contributed by atoms with van der Waals surface area (Å²) >= 11 is 0. The summed E-state index contributed by atoms with van der Waals surface area (Å²) in [7, 11) is -4.27. The molecule has 0 aliphatic carbocycles. The minimum Gasteiger partial charge on any atom is -0.477 e. The zero-order chi connectivity index (χ0) is 15.3. The third-order valence-electron chi connectivity index (χ3n) is 2.35. The predicted octanol–water partition coefficient (Wildman–Crippen LogP) is 1.35. The maximum absolute atomic E-state index is 13.8. The molecule has 0 spiro atoms. The van der Waals surface area contributed by atoms with Gasteiger partial charge in [-0.2, -0.15) is 0 Å². The summed E-state index contributed by atoms with van der Waals surface area (Å²) in [5.41, 5.74) is -1.31. The molecule has 0 amide bonds. The molecule has 0 aliphatic rings. The Labute approximate surface area is 114 Å². The van der Waals surface area contributed by atoms with E-state index in [1.807, 2.05) is 0 Å². The van der Waals surface area contributed by atoms with E-state index in [2.05, 4.69) is 10.6 Å². The van der Waals surface area contributed by atoms with Crippen LogP contribution >= 0.6 is 0 Å². The fraction of sp³-hybridized carbons (Fsp3) is 0.250. The van der Waals surface area contributed by atoms with Gasteiger partial charge < -0.3 is 5.11 Å². The summed E-state index contributed by atoms with van der Waals surface area (Å²) in [4.78, 5) is 9.78. The first-order valence-corrected chi connectivity index (χ1v) is 6.94. The molecule has 0 radical (unpaired) electrons. The molecule has 0 saturated carbocycles. The molecule has 0 aliphatic heterocycles. The fourth-order valence-electron chi connectivity index (χ4n) is 1.41. The van der Waals surface area contributed by atoms with Crippen LogP contribution in [0.4, 0.5) is 8.78 Å². The van der Waals surface area contributed by atoms with Gasteiger partial charge in [0.2, 0.25) is 10.0 Å². The summed E-state index contributed by atoms with van der Waals surface area (Å²) in [5.74, 6) is -2.57. The fourth-order valence-corrected chi connectivity index (χ4v) is 2.57. The Bertz CT molecular complexity index is 665. The Balaban J connectivity index is 3.11. The van der Waals surface area contributed by atoms with E-state index in [1.54, 1.807) is 0 Å². The number of hydrogen-bond acceptors (Lipinski definition) is 3. The van der Waals surface area contributed by atoms with Gasteiger partial charge in [-0.1, -0.05) is 0 Å². The van der Waals surface area contributed by atoms with Crippen molar-refractivity contribution >= 4 is 16.0 Å². The van der Waals surface area contributed by atoms with Gasteiger partial charge >= 0.3 is 5.97 Å². The number of carboxylic acid groups (broad SMARTS) is 1. The number of rotatable bonds is 6. The number of benzene rings is 1. The topological polar surface area (TPSA) is 83.5 Å². The van der Waals surface area contributed by atoms with E-state index in [0.717, 1.165) is 0 Å². The Morgan fingerprint density at radius 3 is 2.60 bits per heavy atom. The van der Waals surface area contributed by atoms with Gasteiger partial charge in [-0.05, 0) is 18.6 Å². The Morgan fingerprint density at radius 1 is 1.40 bits per heavy atom. The van der Waals surface area contributed by atoms with Crippen LogP contribution in [0.15, 0.2) is 17.0 Å². The molecule has 0 fully saturated rings. The summed E-state index contributed by atoms with van der Waals surface area (Å²) in [6, 6.07) is 1.25. The van der Waals surface area contributed by atoms with E-state index in [-0.39, 0.29) is 6.54 Å². The summed E-state index contributed by atoms with van der Waals surface area (Å²) < 4.78 is 52.6. The molecule has 0 saturated heterocycles. The number of terminal acetylenes is 1. The van der Waals surface area contributed by atoms with Crippen LogP contribution in [0.3, 0.4) is 0 Å². The number of sulfonamides is 1. The van der Waals surface area contributed by atoms with Crippen LogP contribution < -0.4 is 4.72 Å². The molecule has 2 N–H and O–H groups in total. The highest BCUT2D eigenvalue weighted by Crippen LogP contribution is 2.21. The first-order chi connectivity index (χ1) is 9.31. The smallest absolute Gasteiger partial charge is 0.341 e. The standard InChI is InChI=1S/C12H11F2NO4S/c1-2-3-4-7-15-20(18,19)9-6-5-8(13)10(11(9)14)12(16)17/h1,5-6,15H,3-4,7H2,(H,16,17). The summed E-state index contributed by atoms with van der Waals surface area (Å²) in [6.07, 6.45) is 5.66. The maximum atomic E-state index is 13.8. The highest BCUT2D eigenvalue weighted by atomic mass is 32.2. The second kappa shape index (κ2) is 6.45. The number of hydrogen-bond donors (Lipinski definition) is 2. The molecule has 0 heterocycles. The van der Waals surface area contributed by atoms with Crippen LogP contribution in [0.5, 0.6) is 0 Å². The average molecular weight is 303 g/mol. The Morgan fingerprint density at radius 2 is 2.05 bits per heavy atom. The van der Waals surface area contributed by atoms with Crippen molar-refractivity contribution in [2.75, 3.05) is 6.54 Å². The highest BCUT2D eigenvalue weighted by molar-refractivity contribution is 7.89. The van der Waals surface area contributed by atoms with Gasteiger partial charge in [-0.15, -0.1) is 12.3 Å². The third-order valence-corrected chi connectivity index (χ3v) is 3.83. The highest BCUT2D eigenvalue weighted by Gasteiger charge is 2.26. The lowest BCUT2D eigenvalue weighted by Gasteiger charge is -2.09. The van der Waals surface area contributed by atoms with Gasteiger partial charge in [0.15, 0.2) is 5.82 Å². The van der Waals surface area contributed by atoms with Gasteiger partial charge in [-0.25, -0.2) is 26.7 Å². The molecule has 20 heavy (non-hydrogen) atoms. The van der Waals surface area contributed by atoms with Crippen molar-refractivity contribution in [1.82, 2.24) is 4.72 Å². The van der Waals surface area contributed by atoms with Gasteiger partial charge in [0, 0.05) is 13.0 Å². The molecule has 5 nitrogen and oxygen atoms in total. The summed E-state index contributed by atoms with van der Waals surface area (Å²) in [6.45, 7) is -0.0360. The van der Waals surface area contributed by atoms with Crippen LogP contribution in [0, 0.1) is 24.0 Å². The summed E-state index contributed by atoms with van der Waals surface area (Å²) in [5, 5.41) is 8.67. The van der Waals surface area contributed by atoms with Gasteiger partial charge in [0.05, 0.1) is 0 Å². The van der Waals surface area contributed by atoms with Gasteiger partial charge in [0.25, 0.3) is 0 Å². The number of unbranched alkanes of at least 4 members (excludes halogenated alkanes) is 1. The van der Waals surface area contributed by atoms with E-state index in [9.17, 15) is 22.0 Å². The third kappa shape index (κ3) is 3.53. The monoisotopic (exact) mass is 303 g/mol. The Hall–Kier alpha value is -1.98. The maximum Gasteiger partial charge on any atom is 0.341 e. The molecule has 1 aromatic rings. The van der Waals surface area contributed by atoms with Crippen LogP contribution in [0.25, 0.3) is 0 Å². The van der Waals surface area contributed by atoms with Crippen molar-refractivity contribution in [2.24, 2.45) is 0 Å². The first kappa shape index (κ1) is 16.1. The second-order valence-electron chi connectivity index (χ2n) is 3.75. The largest absolute Gasteiger partial charge is 0.477 e. The first-order valence-electron chi connectivity index (χ1n) is 5.45. The molecule has 0 bridgehead atoms. The minimum absolute atomic E-state index is 0.0360. The van der Waals surface area contributed by atoms with Gasteiger partial charge in [0.1, 0.15) is 16.3 Å². The van der Waals surface area contributed by atoms with E-state index >= 15 is 0 Å². The SMILES string of the molecule is C#CCCCNS(=O)(=O)c1ccc(F)c(C(=O)O)c1F. The molecular weight excluding hydrogens is 292 g/mol. The van der Waals surface area contributed by atoms with Crippen molar-refractivity contribution in [3.05, 3.63) is 29.3 Å². The lowest BCUT2D eigenvalue weighted by Crippen LogP contribution is -2.26. The zero-order valence-electron chi connectivity index (χ0n) is 10.2. The number of nitrogens with one attached hydrogen (secondary N) is 1. The molecule has 8 heteroatoms. The van der Waals surface area contributed by atoms with Crippen molar-refractivity contribution in [1.29, 1.82) is 0 Å². The van der Waals surface area contributed by atoms with Crippen LogP contribution in [0.2, 0.25) is 0 Å². The van der Waals surface area contributed by atoms with Crippen LogP contribution in [0.1, 0.15) is 23.2 Å². The molecule has 108 valence electrons. The number of aromatic carboxylic acids is 1. The quantitative estimate of drug-likeness (QED) is 0.614. The van der Waals surface area contributed by atoms with E-state index < -0.39 is 38.1 Å². The number of halogens is 2. The predicted molar refractivity (Wildman–Crippen MR) is 66.6 cm³/mol. The molecule has 0 aromatic heterocycles. The number of carbonyl (C=O) groups is 1. The van der Waals surface area contributed by atoms with E-state index in [0.29, 0.717) is 25.0 Å². The molecule has 1 rings (SSSR count). The van der Waals surface area contributed by atoms with Crippen molar-refractivity contribution in [3.63, 3.8) is 0 Å². The minimum atomic E-state index is -4.27. The lowest BCUT2D eigenvalue weighted by atomic mass is 10.2. The van der Waals surface area contributed by atoms with Crippen LogP contribution in [-0.4, -0.2) is 26.0 Å². The van der Waals surface area contributed by atoms with E-state index in [1.165, 1.54) is 0 Å². The van der Waals surface area contributed by atoms with Crippen molar-refractivity contribution in [2.45, 2.75) is 17.7 Å². The zero-order valence-corrected chi connectivity index (χ0v) is 11.0. The number of carboxylic acids is 1. The lowest BCUT2D eigenvalue weighted by molar-refractivity contribution is 0.0685. The normalized spacial score (nSPS) is 11.1. The van der Waals surface area contributed by atoms with E-state index in [4.69, 9.17) is 11.5 Å². The van der Waals surface area contributed by atoms with Gasteiger partial charge in [-0.3, -0.25) is 0 Å². The van der Waals surface area contributed by atoms with Crippen molar-refractivity contribution in [3.8, 4) is 12.3 Å².